The number of anilines is 4. The lowest BCUT2D eigenvalue weighted by atomic mass is 10.3. The number of nitrogens with zero attached hydrogens (tertiary/aromatic N) is 3. The zero-order valence-electron chi connectivity index (χ0n) is 15.8. The summed E-state index contributed by atoms with van der Waals surface area (Å²) >= 11 is 1.26. The first-order valence-electron chi connectivity index (χ1n) is 8.96. The Bertz CT molecular complexity index is 1100. The number of nitrogen functional groups attached to an aromatic ring is 1. The zero-order chi connectivity index (χ0) is 21.8. The Balaban J connectivity index is 1.30. The lowest BCUT2D eigenvalue weighted by Crippen LogP contribution is -2.25. The van der Waals surface area contributed by atoms with Gasteiger partial charge in [0.2, 0.25) is 17.8 Å². The number of aromatic nitrogens is 3. The molecule has 12 heteroatoms. The Hall–Kier alpha value is -3.67. The number of ether oxygens (including phenoxy) is 2. The summed E-state index contributed by atoms with van der Waals surface area (Å²) in [6.07, 6.45) is -3.71. The Kier molecular flexibility index (Phi) is 5.71. The Morgan fingerprint density at radius 2 is 1.81 bits per heavy atom. The van der Waals surface area contributed by atoms with Crippen molar-refractivity contribution in [3.63, 3.8) is 0 Å². The van der Waals surface area contributed by atoms with Crippen LogP contribution in [0.5, 0.6) is 11.5 Å². The van der Waals surface area contributed by atoms with Gasteiger partial charge in [0.05, 0.1) is 11.5 Å². The van der Waals surface area contributed by atoms with E-state index in [1.54, 1.807) is 0 Å². The van der Waals surface area contributed by atoms with E-state index in [0.29, 0.717) is 23.2 Å². The Labute approximate surface area is 179 Å². The standard InChI is InChI=1S/C19H16F2N6O3S/c20-19(21)29-13-7-6-12(8-14(13)30-19)23-16(28)10-31-9-15-25-17(22)27-18(26-15)24-11-4-2-1-3-5-11/h1-8H,9-10H2,(H,23,28)(H3,22,24,25,26,27). The highest BCUT2D eigenvalue weighted by Crippen LogP contribution is 2.42. The molecule has 4 rings (SSSR count). The fourth-order valence-electron chi connectivity index (χ4n) is 2.67. The van der Waals surface area contributed by atoms with Gasteiger partial charge >= 0.3 is 6.29 Å². The van der Waals surface area contributed by atoms with Gasteiger partial charge in [-0.1, -0.05) is 18.2 Å². The van der Waals surface area contributed by atoms with E-state index in [1.165, 1.54) is 30.0 Å². The second-order valence-corrected chi connectivity index (χ2v) is 7.28. The van der Waals surface area contributed by atoms with Crippen molar-refractivity contribution in [2.24, 2.45) is 0 Å². The van der Waals surface area contributed by atoms with Crippen LogP contribution in [0.2, 0.25) is 0 Å². The summed E-state index contributed by atoms with van der Waals surface area (Å²) in [6, 6.07) is 13.4. The summed E-state index contributed by atoms with van der Waals surface area (Å²) in [4.78, 5) is 24.6. The van der Waals surface area contributed by atoms with Crippen molar-refractivity contribution in [3.05, 3.63) is 54.4 Å². The number of carbonyl (C=O) groups is 1. The van der Waals surface area contributed by atoms with Crippen LogP contribution < -0.4 is 25.8 Å². The number of carbonyl (C=O) groups excluding carboxylic acids is 1. The number of fused-ring (bicyclic) bond motifs is 1. The topological polar surface area (TPSA) is 124 Å². The fourth-order valence-corrected chi connectivity index (χ4v) is 3.34. The maximum atomic E-state index is 13.1. The molecule has 0 fully saturated rings. The normalized spacial score (nSPS) is 13.6. The molecule has 0 saturated heterocycles. The van der Waals surface area contributed by atoms with E-state index in [2.05, 4.69) is 35.1 Å². The van der Waals surface area contributed by atoms with Crippen LogP contribution in [0, 0.1) is 0 Å². The van der Waals surface area contributed by atoms with Crippen molar-refractivity contribution >= 4 is 40.9 Å². The Morgan fingerprint density at radius 3 is 2.61 bits per heavy atom. The molecule has 2 heterocycles. The third-order valence-electron chi connectivity index (χ3n) is 3.88. The number of nitrogens with one attached hydrogen (secondary N) is 2. The van der Waals surface area contributed by atoms with E-state index in [1.807, 2.05) is 30.3 Å². The average molecular weight is 446 g/mol. The number of para-hydroxylation sites is 1. The molecule has 2 aromatic carbocycles. The number of thioether (sulfide) groups is 1. The van der Waals surface area contributed by atoms with Gasteiger partial charge in [0.25, 0.3) is 0 Å². The zero-order valence-corrected chi connectivity index (χ0v) is 16.7. The molecule has 0 saturated carbocycles. The highest BCUT2D eigenvalue weighted by Gasteiger charge is 2.43. The number of hydrogen-bond acceptors (Lipinski definition) is 9. The largest absolute Gasteiger partial charge is 0.586 e. The lowest BCUT2D eigenvalue weighted by molar-refractivity contribution is -0.286. The number of nitrogens with two attached hydrogens (primary N) is 1. The molecule has 0 bridgehead atoms. The molecule has 0 atom stereocenters. The molecule has 0 unspecified atom stereocenters. The third-order valence-corrected chi connectivity index (χ3v) is 4.81. The molecule has 0 radical (unpaired) electrons. The number of hydrogen-bond donors (Lipinski definition) is 3. The van der Waals surface area contributed by atoms with Crippen molar-refractivity contribution in [1.29, 1.82) is 0 Å². The minimum atomic E-state index is -3.71. The van der Waals surface area contributed by atoms with Crippen LogP contribution in [-0.2, 0) is 10.5 Å². The van der Waals surface area contributed by atoms with Crippen LogP contribution in [0.3, 0.4) is 0 Å². The summed E-state index contributed by atoms with van der Waals surface area (Å²) < 4.78 is 34.8. The first kappa shape index (κ1) is 20.6. The lowest BCUT2D eigenvalue weighted by Gasteiger charge is -2.08. The van der Waals surface area contributed by atoms with Crippen LogP contribution in [0.1, 0.15) is 5.82 Å². The predicted molar refractivity (Wildman–Crippen MR) is 111 cm³/mol. The molecular weight excluding hydrogens is 430 g/mol. The molecule has 1 aromatic heterocycles. The number of rotatable bonds is 7. The number of alkyl halides is 2. The van der Waals surface area contributed by atoms with E-state index < -0.39 is 6.29 Å². The van der Waals surface area contributed by atoms with Crippen molar-refractivity contribution < 1.29 is 23.0 Å². The summed E-state index contributed by atoms with van der Waals surface area (Å²) in [6.45, 7) is 0. The van der Waals surface area contributed by atoms with Crippen LogP contribution >= 0.6 is 11.8 Å². The molecule has 4 N–H and O–H groups in total. The molecule has 0 aliphatic carbocycles. The molecule has 0 spiro atoms. The van der Waals surface area contributed by atoms with Gasteiger partial charge in [-0.05, 0) is 24.3 Å². The van der Waals surface area contributed by atoms with Crippen LogP contribution in [0.4, 0.5) is 32.1 Å². The van der Waals surface area contributed by atoms with Gasteiger partial charge in [-0.3, -0.25) is 4.79 Å². The molecule has 3 aromatic rings. The van der Waals surface area contributed by atoms with Gasteiger partial charge in [-0.2, -0.15) is 15.0 Å². The van der Waals surface area contributed by atoms with Gasteiger partial charge in [-0.25, -0.2) is 0 Å². The SMILES string of the molecule is Nc1nc(CSCC(=O)Nc2ccc3c(c2)OC(F)(F)O3)nc(Nc2ccccc2)n1. The van der Waals surface area contributed by atoms with Crippen LogP contribution in [-0.4, -0.2) is 32.9 Å². The van der Waals surface area contributed by atoms with Crippen molar-refractivity contribution in [2.75, 3.05) is 22.1 Å². The quantitative estimate of drug-likeness (QED) is 0.501. The fraction of sp³-hybridized carbons (Fsp3) is 0.158. The second-order valence-electron chi connectivity index (χ2n) is 6.29. The van der Waals surface area contributed by atoms with Gasteiger partial charge in [0.15, 0.2) is 11.5 Å². The first-order chi connectivity index (χ1) is 14.9. The van der Waals surface area contributed by atoms with Crippen molar-refractivity contribution in [1.82, 2.24) is 15.0 Å². The summed E-state index contributed by atoms with van der Waals surface area (Å²) in [5, 5.41) is 5.65. The second kappa shape index (κ2) is 8.60. The molecule has 31 heavy (non-hydrogen) atoms. The highest BCUT2D eigenvalue weighted by atomic mass is 32.2. The number of benzene rings is 2. The molecule has 9 nitrogen and oxygen atoms in total. The maximum absolute atomic E-state index is 13.1. The van der Waals surface area contributed by atoms with Crippen molar-refractivity contribution in [2.45, 2.75) is 12.0 Å². The van der Waals surface area contributed by atoms with Gasteiger partial charge in [0, 0.05) is 17.4 Å². The Morgan fingerprint density at radius 1 is 1.03 bits per heavy atom. The monoisotopic (exact) mass is 446 g/mol. The highest BCUT2D eigenvalue weighted by molar-refractivity contribution is 7.99. The number of amides is 1. The minimum absolute atomic E-state index is 0.0608. The van der Waals surface area contributed by atoms with Crippen LogP contribution in [0.15, 0.2) is 48.5 Å². The average Bonchev–Trinajstić information content (AvgIpc) is 3.01. The summed E-state index contributed by atoms with van der Waals surface area (Å²) in [7, 11) is 0. The van der Waals surface area contributed by atoms with E-state index in [0.717, 1.165) is 5.69 Å². The smallest absolute Gasteiger partial charge is 0.395 e. The van der Waals surface area contributed by atoms with Crippen molar-refractivity contribution in [3.8, 4) is 11.5 Å². The summed E-state index contributed by atoms with van der Waals surface area (Å²) in [5.41, 5.74) is 6.85. The van der Waals surface area contributed by atoms with E-state index in [4.69, 9.17) is 5.73 Å². The molecule has 1 aliphatic rings. The number of halogens is 2. The van der Waals surface area contributed by atoms with Gasteiger partial charge in [0.1, 0.15) is 5.82 Å². The molecule has 160 valence electrons. The molecule has 1 amide bonds. The minimum Gasteiger partial charge on any atom is -0.395 e. The molecular formula is C19H16F2N6O3S. The maximum Gasteiger partial charge on any atom is 0.586 e. The first-order valence-corrected chi connectivity index (χ1v) is 10.1. The van der Waals surface area contributed by atoms with E-state index in [9.17, 15) is 13.6 Å². The van der Waals surface area contributed by atoms with E-state index >= 15 is 0 Å². The van der Waals surface area contributed by atoms with Crippen LogP contribution in [0.25, 0.3) is 0 Å². The molecule has 1 aliphatic heterocycles. The van der Waals surface area contributed by atoms with E-state index in [-0.39, 0.29) is 29.1 Å². The third kappa shape index (κ3) is 5.48. The predicted octanol–water partition coefficient (Wildman–Crippen LogP) is 3.39. The van der Waals surface area contributed by atoms with Gasteiger partial charge in [-0.15, -0.1) is 20.5 Å². The van der Waals surface area contributed by atoms with Gasteiger partial charge < -0.3 is 25.8 Å². The summed E-state index contributed by atoms with van der Waals surface area (Å²) in [5.74, 6) is 0.601.